The van der Waals surface area contributed by atoms with Crippen LogP contribution in [0.3, 0.4) is 0 Å². The monoisotopic (exact) mass is 656 g/mol. The number of carbonyl (C=O) groups excluding carboxylic acids is 2. The Morgan fingerprint density at radius 2 is 1.70 bits per heavy atom. The molecule has 0 saturated carbocycles. The Morgan fingerprint density at radius 3 is 2.26 bits per heavy atom. The molecule has 47 heavy (non-hydrogen) atoms. The van der Waals surface area contributed by atoms with Crippen LogP contribution in [0.4, 0.5) is 29.3 Å². The van der Waals surface area contributed by atoms with E-state index < -0.39 is 63.7 Å². The van der Waals surface area contributed by atoms with E-state index >= 15 is 0 Å². The fraction of sp³-hybridized carbons (Fsp3) is 0.441. The third kappa shape index (κ3) is 7.34. The van der Waals surface area contributed by atoms with E-state index in [1.165, 1.54) is 30.5 Å². The van der Waals surface area contributed by atoms with E-state index in [1.54, 1.807) is 66.7 Å². The van der Waals surface area contributed by atoms with E-state index in [4.69, 9.17) is 4.74 Å². The Balaban J connectivity index is 1.86. The number of nitrogens with zero attached hydrogens (tertiary/aromatic N) is 3. The van der Waals surface area contributed by atoms with Gasteiger partial charge in [-0.2, -0.15) is 13.2 Å². The third-order valence-electron chi connectivity index (χ3n) is 8.02. The van der Waals surface area contributed by atoms with Crippen molar-refractivity contribution in [1.82, 2.24) is 9.55 Å². The summed E-state index contributed by atoms with van der Waals surface area (Å²) in [6.07, 6.45) is -4.55. The number of carboxylic acid groups (broad SMARTS) is 1. The van der Waals surface area contributed by atoms with Crippen molar-refractivity contribution in [2.24, 2.45) is 11.3 Å². The minimum absolute atomic E-state index is 0.0324. The van der Waals surface area contributed by atoms with Crippen LogP contribution in [0.5, 0.6) is 0 Å². The van der Waals surface area contributed by atoms with E-state index in [1.807, 2.05) is 0 Å². The molecule has 4 rings (SSSR count). The molecule has 13 heteroatoms. The number of aromatic nitrogens is 2. The molecule has 1 aliphatic heterocycles. The largest absolute Gasteiger partial charge is 0.481 e. The van der Waals surface area contributed by atoms with Gasteiger partial charge < -0.3 is 15.2 Å². The SMILES string of the molecule is CC(C)(C)OC(=O)N(C(=O)[C@@H]1C[C@@](C)(C(C(=O)O)C(C)(C)C)c2ncc(NCc3cccc(C(F)(F)F)c3)c(=O)n21)c1ccccc1. The van der Waals surface area contributed by atoms with E-state index in [0.29, 0.717) is 0 Å². The molecule has 0 fully saturated rings. The molecule has 2 heterocycles. The van der Waals surface area contributed by atoms with Crippen LogP contribution in [0.2, 0.25) is 0 Å². The second-order valence-corrected chi connectivity index (χ2v) is 14.0. The number of halogens is 3. The van der Waals surface area contributed by atoms with Crippen molar-refractivity contribution in [3.8, 4) is 0 Å². The number of nitrogens with one attached hydrogen (secondary N) is 1. The smallest absolute Gasteiger partial charge is 0.421 e. The minimum atomic E-state index is -4.56. The maximum Gasteiger partial charge on any atom is 0.421 e. The molecule has 3 aromatic rings. The van der Waals surface area contributed by atoms with Gasteiger partial charge >= 0.3 is 18.2 Å². The van der Waals surface area contributed by atoms with Crippen molar-refractivity contribution in [2.45, 2.75) is 84.7 Å². The highest BCUT2D eigenvalue weighted by Crippen LogP contribution is 2.51. The van der Waals surface area contributed by atoms with E-state index in [2.05, 4.69) is 10.3 Å². The molecule has 2 amide bonds. The summed E-state index contributed by atoms with van der Waals surface area (Å²) in [5.74, 6) is -3.09. The van der Waals surface area contributed by atoms with E-state index in [9.17, 15) is 37.5 Å². The van der Waals surface area contributed by atoms with Gasteiger partial charge in [0.25, 0.3) is 11.5 Å². The topological polar surface area (TPSA) is 131 Å². The molecular weight excluding hydrogens is 617 g/mol. The lowest BCUT2D eigenvalue weighted by Crippen LogP contribution is -2.46. The maximum atomic E-state index is 14.5. The summed E-state index contributed by atoms with van der Waals surface area (Å²) in [6.45, 7) is 11.6. The lowest BCUT2D eigenvalue weighted by Gasteiger charge is -2.39. The van der Waals surface area contributed by atoms with E-state index in [-0.39, 0.29) is 35.7 Å². The lowest BCUT2D eigenvalue weighted by atomic mass is 9.63. The number of rotatable bonds is 7. The molecule has 0 saturated heterocycles. The van der Waals surface area contributed by atoms with Gasteiger partial charge in [-0.15, -0.1) is 0 Å². The van der Waals surface area contributed by atoms with Crippen molar-refractivity contribution >= 4 is 29.3 Å². The van der Waals surface area contributed by atoms with Gasteiger partial charge in [0.15, 0.2) is 0 Å². The molecular formula is C34H39F3N4O6. The second kappa shape index (κ2) is 12.5. The summed E-state index contributed by atoms with van der Waals surface area (Å²) >= 11 is 0. The van der Waals surface area contributed by atoms with Crippen molar-refractivity contribution < 1.29 is 37.4 Å². The lowest BCUT2D eigenvalue weighted by molar-refractivity contribution is -0.149. The fourth-order valence-electron chi connectivity index (χ4n) is 6.34. The first-order chi connectivity index (χ1) is 21.6. The zero-order valence-electron chi connectivity index (χ0n) is 27.3. The molecule has 0 spiro atoms. The molecule has 0 radical (unpaired) electrons. The van der Waals surface area contributed by atoms with Crippen molar-refractivity contribution in [1.29, 1.82) is 0 Å². The zero-order chi connectivity index (χ0) is 35.1. The van der Waals surface area contributed by atoms with Crippen LogP contribution in [0.15, 0.2) is 65.6 Å². The van der Waals surface area contributed by atoms with Crippen LogP contribution in [-0.4, -0.2) is 38.2 Å². The van der Waals surface area contributed by atoms with Crippen molar-refractivity contribution in [2.75, 3.05) is 10.2 Å². The van der Waals surface area contributed by atoms with Gasteiger partial charge in [0.2, 0.25) is 0 Å². The van der Waals surface area contributed by atoms with Crippen molar-refractivity contribution in [3.05, 3.63) is 88.1 Å². The van der Waals surface area contributed by atoms with Crippen LogP contribution in [0.25, 0.3) is 0 Å². The Bertz CT molecular complexity index is 1730. The third-order valence-corrected chi connectivity index (χ3v) is 8.02. The van der Waals surface area contributed by atoms with Crippen LogP contribution in [-0.2, 0) is 32.5 Å². The zero-order valence-corrected chi connectivity index (χ0v) is 27.3. The average molecular weight is 657 g/mol. The van der Waals surface area contributed by atoms with Crippen LogP contribution in [0.1, 0.15) is 77.9 Å². The van der Waals surface area contributed by atoms with Gasteiger partial charge in [0.05, 0.1) is 23.4 Å². The predicted octanol–water partition coefficient (Wildman–Crippen LogP) is 6.79. The molecule has 2 N–H and O–H groups in total. The normalized spacial score (nSPS) is 18.6. The quantitative estimate of drug-likeness (QED) is 0.284. The van der Waals surface area contributed by atoms with Gasteiger partial charge in [0.1, 0.15) is 23.2 Å². The number of aliphatic carboxylic acids is 1. The number of anilines is 2. The molecule has 1 unspecified atom stereocenters. The number of alkyl halides is 3. The molecule has 252 valence electrons. The molecule has 0 aliphatic carbocycles. The average Bonchev–Trinajstić information content (AvgIpc) is 3.24. The van der Waals surface area contributed by atoms with Crippen molar-refractivity contribution in [3.63, 3.8) is 0 Å². The van der Waals surface area contributed by atoms with Crippen LogP contribution >= 0.6 is 0 Å². The Labute approximate surface area is 270 Å². The number of benzene rings is 2. The summed E-state index contributed by atoms with van der Waals surface area (Å²) in [4.78, 5) is 60.3. The first kappa shape index (κ1) is 35.2. The highest BCUT2D eigenvalue weighted by Gasteiger charge is 2.57. The fourth-order valence-corrected chi connectivity index (χ4v) is 6.34. The highest BCUT2D eigenvalue weighted by molar-refractivity contribution is 6.14. The first-order valence-electron chi connectivity index (χ1n) is 15.0. The number of hydrogen-bond donors (Lipinski definition) is 2. The van der Waals surface area contributed by atoms with Crippen LogP contribution in [0, 0.1) is 11.3 Å². The number of hydrogen-bond acceptors (Lipinski definition) is 7. The maximum absolute atomic E-state index is 14.5. The van der Waals surface area contributed by atoms with E-state index in [0.717, 1.165) is 21.6 Å². The number of amides is 2. The number of carbonyl (C=O) groups is 3. The molecule has 1 aromatic heterocycles. The van der Waals surface area contributed by atoms with Gasteiger partial charge in [-0.05, 0) is 62.4 Å². The number of fused-ring (bicyclic) bond motifs is 1. The standard InChI is InChI=1S/C34H39F3N4O6/c1-31(2,3)25(28(44)45)33(7)17-24(27(43)40(22-14-9-8-10-15-22)30(46)47-32(4,5)6)41-26(42)23(19-39-29(33)41)38-18-20-12-11-13-21(16-20)34(35,36)37/h8-16,19,24-25,38H,17-18H2,1-7H3,(H,44,45)/t24-,25?,33-/m0/s1. The van der Waals surface area contributed by atoms with Gasteiger partial charge in [0, 0.05) is 12.0 Å². The summed E-state index contributed by atoms with van der Waals surface area (Å²) in [5, 5.41) is 13.3. The molecule has 10 nitrogen and oxygen atoms in total. The summed E-state index contributed by atoms with van der Waals surface area (Å²) in [7, 11) is 0. The Morgan fingerprint density at radius 1 is 1.06 bits per heavy atom. The highest BCUT2D eigenvalue weighted by atomic mass is 19.4. The molecule has 1 aliphatic rings. The number of carboxylic acids is 1. The number of ether oxygens (including phenoxy) is 1. The summed E-state index contributed by atoms with van der Waals surface area (Å²) < 4.78 is 46.5. The summed E-state index contributed by atoms with van der Waals surface area (Å²) in [6, 6.07) is 11.2. The number of para-hydroxylation sites is 1. The second-order valence-electron chi connectivity index (χ2n) is 14.0. The Kier molecular flexibility index (Phi) is 9.35. The first-order valence-corrected chi connectivity index (χ1v) is 15.0. The van der Waals surface area contributed by atoms with Gasteiger partial charge in [-0.25, -0.2) is 14.7 Å². The minimum Gasteiger partial charge on any atom is -0.481 e. The predicted molar refractivity (Wildman–Crippen MR) is 169 cm³/mol. The van der Waals surface area contributed by atoms with Crippen LogP contribution < -0.4 is 15.8 Å². The number of imide groups is 1. The summed E-state index contributed by atoms with van der Waals surface area (Å²) in [5.41, 5.74) is -4.52. The Hall–Kier alpha value is -4.68. The van der Waals surface area contributed by atoms with Gasteiger partial charge in [-0.3, -0.25) is 19.0 Å². The molecule has 0 bridgehead atoms. The van der Waals surface area contributed by atoms with Gasteiger partial charge in [-0.1, -0.05) is 58.0 Å². The molecule has 2 aromatic carbocycles. The molecule has 3 atom stereocenters.